The summed E-state index contributed by atoms with van der Waals surface area (Å²) in [5.41, 5.74) is 1.16. The molecule has 0 heterocycles. The largest absolute Gasteiger partial charge is 0.392 e. The van der Waals surface area contributed by atoms with Crippen LogP contribution in [0.25, 0.3) is 0 Å². The van der Waals surface area contributed by atoms with Gasteiger partial charge >= 0.3 is 0 Å². The zero-order valence-electron chi connectivity index (χ0n) is 8.70. The summed E-state index contributed by atoms with van der Waals surface area (Å²) in [4.78, 5) is 0. The monoisotopic (exact) mass is 188 g/mol. The second-order valence-electron chi connectivity index (χ2n) is 3.40. The maximum atomic E-state index is 9.80. The molecule has 0 fully saturated rings. The molecule has 2 unspecified atom stereocenters. The summed E-state index contributed by atoms with van der Waals surface area (Å²) in [6.45, 7) is 3.82. The van der Waals surface area contributed by atoms with Crippen LogP contribution in [0.4, 0.5) is 0 Å². The van der Waals surface area contributed by atoms with E-state index in [9.17, 15) is 5.11 Å². The average Bonchev–Trinajstić information content (AvgIpc) is 2.26. The Bertz CT molecular complexity index is 318. The average molecular weight is 188 g/mol. The molecule has 0 aliphatic heterocycles. The molecular weight excluding hydrogens is 172 g/mol. The lowest BCUT2D eigenvalue weighted by molar-refractivity contribution is 0.154. The van der Waals surface area contributed by atoms with Crippen molar-refractivity contribution in [3.8, 4) is 11.8 Å². The van der Waals surface area contributed by atoms with E-state index < -0.39 is 0 Å². The molecule has 1 nitrogen and oxygen atoms in total. The highest BCUT2D eigenvalue weighted by atomic mass is 16.3. The van der Waals surface area contributed by atoms with Crippen molar-refractivity contribution in [1.29, 1.82) is 0 Å². The molecule has 14 heavy (non-hydrogen) atoms. The molecule has 0 spiro atoms. The fraction of sp³-hybridized carbons (Fsp3) is 0.385. The van der Waals surface area contributed by atoms with Gasteiger partial charge in [0.15, 0.2) is 0 Å². The highest BCUT2D eigenvalue weighted by molar-refractivity contribution is 5.20. The molecule has 0 radical (unpaired) electrons. The maximum absolute atomic E-state index is 9.80. The summed E-state index contributed by atoms with van der Waals surface area (Å²) in [5.74, 6) is 5.84. The standard InChI is InChI=1S/C13H16O/c1-3-4-10-13(14)11(2)12-8-6-5-7-9-12/h5-9,11,13-14H,10H2,1-2H3. The maximum Gasteiger partial charge on any atom is 0.0715 e. The predicted octanol–water partition coefficient (Wildman–Crippen LogP) is 2.56. The minimum Gasteiger partial charge on any atom is -0.392 e. The molecule has 1 N–H and O–H groups in total. The first kappa shape index (κ1) is 10.8. The third kappa shape index (κ3) is 2.90. The second-order valence-corrected chi connectivity index (χ2v) is 3.40. The van der Waals surface area contributed by atoms with Crippen LogP contribution in [0.1, 0.15) is 31.7 Å². The quantitative estimate of drug-likeness (QED) is 0.723. The van der Waals surface area contributed by atoms with E-state index >= 15 is 0 Å². The Morgan fingerprint density at radius 1 is 1.29 bits per heavy atom. The van der Waals surface area contributed by atoms with Crippen molar-refractivity contribution in [2.75, 3.05) is 0 Å². The van der Waals surface area contributed by atoms with Crippen LogP contribution in [0.15, 0.2) is 30.3 Å². The van der Waals surface area contributed by atoms with E-state index in [0.717, 1.165) is 5.56 Å². The fourth-order valence-electron chi connectivity index (χ4n) is 1.36. The summed E-state index contributed by atoms with van der Waals surface area (Å²) in [6, 6.07) is 10.0. The number of hydrogen-bond acceptors (Lipinski definition) is 1. The molecule has 0 aliphatic rings. The Morgan fingerprint density at radius 2 is 1.93 bits per heavy atom. The second kappa shape index (κ2) is 5.47. The predicted molar refractivity (Wildman–Crippen MR) is 58.9 cm³/mol. The Kier molecular flexibility index (Phi) is 4.22. The molecule has 1 rings (SSSR count). The third-order valence-electron chi connectivity index (χ3n) is 2.39. The van der Waals surface area contributed by atoms with Gasteiger partial charge in [0.1, 0.15) is 0 Å². The van der Waals surface area contributed by atoms with Gasteiger partial charge in [-0.05, 0) is 12.5 Å². The number of aliphatic hydroxyl groups is 1. The van der Waals surface area contributed by atoms with Gasteiger partial charge in [-0.25, -0.2) is 0 Å². The topological polar surface area (TPSA) is 20.2 Å². The van der Waals surface area contributed by atoms with Crippen LogP contribution in [0.3, 0.4) is 0 Å². The van der Waals surface area contributed by atoms with Gasteiger partial charge in [0.05, 0.1) is 6.10 Å². The zero-order chi connectivity index (χ0) is 10.4. The van der Waals surface area contributed by atoms with E-state index in [1.807, 2.05) is 37.3 Å². The van der Waals surface area contributed by atoms with Gasteiger partial charge in [-0.1, -0.05) is 37.3 Å². The van der Waals surface area contributed by atoms with Gasteiger partial charge in [-0.15, -0.1) is 11.8 Å². The van der Waals surface area contributed by atoms with Gasteiger partial charge in [-0.3, -0.25) is 0 Å². The van der Waals surface area contributed by atoms with Gasteiger partial charge in [0.25, 0.3) is 0 Å². The SMILES string of the molecule is CC#CCC(O)C(C)c1ccccc1. The Hall–Kier alpha value is -1.26. The first-order valence-electron chi connectivity index (χ1n) is 4.88. The van der Waals surface area contributed by atoms with Crippen molar-refractivity contribution < 1.29 is 5.11 Å². The van der Waals surface area contributed by atoms with Crippen LogP contribution in [0, 0.1) is 11.8 Å². The van der Waals surface area contributed by atoms with Gasteiger partial charge < -0.3 is 5.11 Å². The van der Waals surface area contributed by atoms with Crippen LogP contribution in [0.2, 0.25) is 0 Å². The zero-order valence-corrected chi connectivity index (χ0v) is 8.70. The van der Waals surface area contributed by atoms with Crippen molar-refractivity contribution in [3.63, 3.8) is 0 Å². The van der Waals surface area contributed by atoms with Crippen molar-refractivity contribution in [2.24, 2.45) is 0 Å². The van der Waals surface area contributed by atoms with Gasteiger partial charge in [0.2, 0.25) is 0 Å². The van der Waals surface area contributed by atoms with E-state index in [2.05, 4.69) is 11.8 Å². The number of rotatable bonds is 3. The van der Waals surface area contributed by atoms with Gasteiger partial charge in [-0.2, -0.15) is 0 Å². The highest BCUT2D eigenvalue weighted by Crippen LogP contribution is 2.20. The minimum absolute atomic E-state index is 0.150. The third-order valence-corrected chi connectivity index (χ3v) is 2.39. The molecule has 1 aromatic carbocycles. The summed E-state index contributed by atoms with van der Waals surface area (Å²) in [5, 5.41) is 9.80. The molecule has 0 saturated heterocycles. The summed E-state index contributed by atoms with van der Waals surface area (Å²) >= 11 is 0. The van der Waals surface area contributed by atoms with Gasteiger partial charge in [0, 0.05) is 12.3 Å². The summed E-state index contributed by atoms with van der Waals surface area (Å²) in [6.07, 6.45) is 0.178. The van der Waals surface area contributed by atoms with Crippen LogP contribution >= 0.6 is 0 Å². The van der Waals surface area contributed by atoms with Crippen LogP contribution in [-0.4, -0.2) is 11.2 Å². The lowest BCUT2D eigenvalue weighted by Gasteiger charge is -2.16. The molecule has 0 aliphatic carbocycles. The molecule has 0 saturated carbocycles. The van der Waals surface area contributed by atoms with Crippen LogP contribution in [0.5, 0.6) is 0 Å². The normalized spacial score (nSPS) is 13.9. The molecule has 1 aromatic rings. The first-order chi connectivity index (χ1) is 6.75. The van der Waals surface area contributed by atoms with Crippen molar-refractivity contribution in [2.45, 2.75) is 32.3 Å². The van der Waals surface area contributed by atoms with Crippen molar-refractivity contribution in [1.82, 2.24) is 0 Å². The van der Waals surface area contributed by atoms with Crippen LogP contribution < -0.4 is 0 Å². The Balaban J connectivity index is 2.64. The minimum atomic E-state index is -0.371. The summed E-state index contributed by atoms with van der Waals surface area (Å²) in [7, 11) is 0. The van der Waals surface area contributed by atoms with E-state index in [0.29, 0.717) is 6.42 Å². The molecule has 0 bridgehead atoms. The van der Waals surface area contributed by atoms with Crippen LogP contribution in [-0.2, 0) is 0 Å². The number of hydrogen-bond donors (Lipinski definition) is 1. The molecule has 2 atom stereocenters. The molecular formula is C13H16O. The molecule has 1 heteroatoms. The molecule has 0 amide bonds. The molecule has 74 valence electrons. The van der Waals surface area contributed by atoms with E-state index in [1.54, 1.807) is 6.92 Å². The first-order valence-corrected chi connectivity index (χ1v) is 4.88. The smallest absolute Gasteiger partial charge is 0.0715 e. The fourth-order valence-corrected chi connectivity index (χ4v) is 1.36. The van der Waals surface area contributed by atoms with E-state index in [-0.39, 0.29) is 12.0 Å². The number of benzene rings is 1. The van der Waals surface area contributed by atoms with Crippen molar-refractivity contribution >= 4 is 0 Å². The number of aliphatic hydroxyl groups excluding tert-OH is 1. The molecule has 0 aromatic heterocycles. The Morgan fingerprint density at radius 3 is 2.50 bits per heavy atom. The highest BCUT2D eigenvalue weighted by Gasteiger charge is 2.14. The lowest BCUT2D eigenvalue weighted by atomic mass is 9.94. The van der Waals surface area contributed by atoms with E-state index in [1.165, 1.54) is 0 Å². The van der Waals surface area contributed by atoms with Crippen molar-refractivity contribution in [3.05, 3.63) is 35.9 Å². The van der Waals surface area contributed by atoms with E-state index in [4.69, 9.17) is 0 Å². The lowest BCUT2D eigenvalue weighted by Crippen LogP contribution is -2.14. The summed E-state index contributed by atoms with van der Waals surface area (Å²) < 4.78 is 0. The Labute approximate surface area is 85.8 Å².